The van der Waals surface area contributed by atoms with E-state index in [1.165, 1.54) is 10.7 Å². The summed E-state index contributed by atoms with van der Waals surface area (Å²) in [6, 6.07) is 6.26. The van der Waals surface area contributed by atoms with Crippen LogP contribution in [0.2, 0.25) is 0 Å². The minimum atomic E-state index is -3.73. The third-order valence-corrected chi connectivity index (χ3v) is 4.42. The van der Waals surface area contributed by atoms with Gasteiger partial charge in [0.1, 0.15) is 10.7 Å². The number of halogens is 1. The van der Waals surface area contributed by atoms with Crippen molar-refractivity contribution in [1.29, 1.82) is 0 Å². The average Bonchev–Trinajstić information content (AvgIpc) is 2.55. The highest BCUT2D eigenvalue weighted by Crippen LogP contribution is 2.24. The molecular formula is C11H13BrN4O2S. The van der Waals surface area contributed by atoms with Crippen LogP contribution in [0.3, 0.4) is 0 Å². The van der Waals surface area contributed by atoms with Crippen molar-refractivity contribution >= 4 is 37.5 Å². The molecule has 0 aliphatic heterocycles. The number of sulfonamides is 1. The van der Waals surface area contributed by atoms with Crippen LogP contribution < -0.4 is 10.5 Å². The topological polar surface area (TPSA) is 90.0 Å². The first-order valence-electron chi connectivity index (χ1n) is 5.38. The van der Waals surface area contributed by atoms with Gasteiger partial charge in [-0.25, -0.2) is 8.42 Å². The van der Waals surface area contributed by atoms with E-state index in [4.69, 9.17) is 5.73 Å². The number of benzene rings is 1. The van der Waals surface area contributed by atoms with Crippen LogP contribution in [0.4, 0.5) is 11.5 Å². The van der Waals surface area contributed by atoms with Gasteiger partial charge in [0.25, 0.3) is 10.0 Å². The minimum Gasteiger partial charge on any atom is -0.398 e. The number of aromatic nitrogens is 2. The number of aryl methyl sites for hydroxylation is 2. The predicted molar refractivity (Wildman–Crippen MR) is 77.3 cm³/mol. The molecule has 0 radical (unpaired) electrons. The Bertz CT molecular complexity index is 724. The van der Waals surface area contributed by atoms with Gasteiger partial charge in [0.15, 0.2) is 0 Å². The highest BCUT2D eigenvalue weighted by atomic mass is 79.9. The lowest BCUT2D eigenvalue weighted by Gasteiger charge is -2.10. The summed E-state index contributed by atoms with van der Waals surface area (Å²) in [5.74, 6) is 0.389. The van der Waals surface area contributed by atoms with E-state index in [2.05, 4.69) is 25.8 Å². The minimum absolute atomic E-state index is 0.0366. The number of nitrogens with one attached hydrogen (secondary N) is 1. The Morgan fingerprint density at radius 1 is 1.37 bits per heavy atom. The van der Waals surface area contributed by atoms with E-state index in [1.807, 2.05) is 0 Å². The number of nitrogen functional groups attached to an aromatic ring is 1. The van der Waals surface area contributed by atoms with Gasteiger partial charge in [-0.15, -0.1) is 0 Å². The van der Waals surface area contributed by atoms with Gasteiger partial charge in [-0.2, -0.15) is 5.10 Å². The zero-order valence-electron chi connectivity index (χ0n) is 10.4. The smallest absolute Gasteiger partial charge is 0.265 e. The Kier molecular flexibility index (Phi) is 3.55. The van der Waals surface area contributed by atoms with Gasteiger partial charge < -0.3 is 5.73 Å². The van der Waals surface area contributed by atoms with Crippen molar-refractivity contribution in [3.63, 3.8) is 0 Å². The molecule has 0 aliphatic carbocycles. The molecule has 0 atom stereocenters. The van der Waals surface area contributed by atoms with Crippen LogP contribution in [0.25, 0.3) is 0 Å². The van der Waals surface area contributed by atoms with Crippen LogP contribution in [0, 0.1) is 6.92 Å². The van der Waals surface area contributed by atoms with Crippen LogP contribution in [-0.4, -0.2) is 18.2 Å². The molecule has 0 bridgehead atoms. The molecule has 0 aliphatic rings. The van der Waals surface area contributed by atoms with Crippen molar-refractivity contribution < 1.29 is 8.42 Å². The van der Waals surface area contributed by atoms with Crippen LogP contribution in [0.1, 0.15) is 5.69 Å². The van der Waals surface area contributed by atoms with Gasteiger partial charge >= 0.3 is 0 Å². The van der Waals surface area contributed by atoms with E-state index in [1.54, 1.807) is 32.2 Å². The third-order valence-electron chi connectivity index (χ3n) is 2.50. The molecule has 8 heteroatoms. The maximum Gasteiger partial charge on any atom is 0.265 e. The molecule has 0 unspecified atom stereocenters. The summed E-state index contributed by atoms with van der Waals surface area (Å²) >= 11 is 3.24. The average molecular weight is 345 g/mol. The largest absolute Gasteiger partial charge is 0.398 e. The molecule has 2 aromatic rings. The van der Waals surface area contributed by atoms with Crippen molar-refractivity contribution in [2.75, 3.05) is 10.5 Å². The zero-order chi connectivity index (χ0) is 14.2. The standard InChI is InChI=1S/C11H13BrN4O2S/c1-7-5-11(16(2)14-7)15-19(17,18)10-4-3-8(12)6-9(10)13/h3-6,15H,13H2,1-2H3. The van der Waals surface area contributed by atoms with Gasteiger partial charge in [0.2, 0.25) is 0 Å². The maximum absolute atomic E-state index is 12.2. The molecule has 2 rings (SSSR count). The summed E-state index contributed by atoms with van der Waals surface area (Å²) in [5.41, 5.74) is 6.64. The molecule has 3 N–H and O–H groups in total. The van der Waals surface area contributed by atoms with Crippen molar-refractivity contribution in [2.45, 2.75) is 11.8 Å². The summed E-state index contributed by atoms with van der Waals surface area (Å²) in [4.78, 5) is 0.0366. The second kappa shape index (κ2) is 4.86. The molecule has 0 amide bonds. The van der Waals surface area contributed by atoms with Crippen molar-refractivity contribution in [2.24, 2.45) is 7.05 Å². The predicted octanol–water partition coefficient (Wildman–Crippen LogP) is 1.87. The van der Waals surface area contributed by atoms with E-state index in [0.717, 1.165) is 10.2 Å². The van der Waals surface area contributed by atoms with Crippen molar-refractivity contribution in [3.8, 4) is 0 Å². The van der Waals surface area contributed by atoms with Crippen LogP contribution in [0.5, 0.6) is 0 Å². The number of rotatable bonds is 3. The Morgan fingerprint density at radius 2 is 2.05 bits per heavy atom. The first kappa shape index (κ1) is 13.9. The molecule has 1 heterocycles. The monoisotopic (exact) mass is 344 g/mol. The fourth-order valence-corrected chi connectivity index (χ4v) is 3.23. The SMILES string of the molecule is Cc1cc(NS(=O)(=O)c2ccc(Br)cc2N)n(C)n1. The summed E-state index contributed by atoms with van der Waals surface area (Å²) in [5, 5.41) is 4.08. The molecule has 19 heavy (non-hydrogen) atoms. The highest BCUT2D eigenvalue weighted by Gasteiger charge is 2.19. The molecule has 1 aromatic carbocycles. The van der Waals surface area contributed by atoms with Gasteiger partial charge in [-0.3, -0.25) is 9.40 Å². The summed E-state index contributed by atoms with van der Waals surface area (Å²) < 4.78 is 29.1. The number of anilines is 2. The van der Waals surface area contributed by atoms with Gasteiger partial charge in [0, 0.05) is 17.6 Å². The Hall–Kier alpha value is -1.54. The summed E-state index contributed by atoms with van der Waals surface area (Å²) in [6.07, 6.45) is 0. The third kappa shape index (κ3) is 2.90. The van der Waals surface area contributed by atoms with Crippen molar-refractivity contribution in [1.82, 2.24) is 9.78 Å². The lowest BCUT2D eigenvalue weighted by Crippen LogP contribution is -2.16. The fourth-order valence-electron chi connectivity index (χ4n) is 1.66. The fraction of sp³-hybridized carbons (Fsp3) is 0.182. The first-order chi connectivity index (χ1) is 8.79. The summed E-state index contributed by atoms with van der Waals surface area (Å²) in [6.45, 7) is 1.78. The zero-order valence-corrected chi connectivity index (χ0v) is 12.8. The molecule has 102 valence electrons. The van der Waals surface area contributed by atoms with E-state index >= 15 is 0 Å². The van der Waals surface area contributed by atoms with E-state index in [9.17, 15) is 8.42 Å². The van der Waals surface area contributed by atoms with E-state index in [0.29, 0.717) is 5.82 Å². The quantitative estimate of drug-likeness (QED) is 0.831. The number of hydrogen-bond acceptors (Lipinski definition) is 4. The van der Waals surface area contributed by atoms with Gasteiger partial charge in [0.05, 0.1) is 11.4 Å². The molecule has 0 fully saturated rings. The lowest BCUT2D eigenvalue weighted by atomic mass is 10.3. The number of nitrogens with two attached hydrogens (primary N) is 1. The molecule has 6 nitrogen and oxygen atoms in total. The van der Waals surface area contributed by atoms with Crippen molar-refractivity contribution in [3.05, 3.63) is 34.4 Å². The second-order valence-electron chi connectivity index (χ2n) is 4.08. The number of nitrogens with zero attached hydrogens (tertiary/aromatic N) is 2. The van der Waals surface area contributed by atoms with E-state index < -0.39 is 10.0 Å². The molecule has 0 spiro atoms. The van der Waals surface area contributed by atoms with Crippen LogP contribution in [-0.2, 0) is 17.1 Å². The Morgan fingerprint density at radius 3 is 2.58 bits per heavy atom. The lowest BCUT2D eigenvalue weighted by molar-refractivity contribution is 0.600. The molecule has 0 saturated carbocycles. The normalized spacial score (nSPS) is 11.5. The Balaban J connectivity index is 2.40. The first-order valence-corrected chi connectivity index (χ1v) is 7.66. The maximum atomic E-state index is 12.2. The molecule has 1 aromatic heterocycles. The van der Waals surface area contributed by atoms with Crippen LogP contribution >= 0.6 is 15.9 Å². The highest BCUT2D eigenvalue weighted by molar-refractivity contribution is 9.10. The van der Waals surface area contributed by atoms with Gasteiger partial charge in [-0.05, 0) is 25.1 Å². The molecular weight excluding hydrogens is 332 g/mol. The van der Waals surface area contributed by atoms with E-state index in [-0.39, 0.29) is 10.6 Å². The second-order valence-corrected chi connectivity index (χ2v) is 6.65. The summed E-state index contributed by atoms with van der Waals surface area (Å²) in [7, 11) is -2.06. The van der Waals surface area contributed by atoms with Crippen LogP contribution in [0.15, 0.2) is 33.6 Å². The molecule has 0 saturated heterocycles. The number of hydrogen-bond donors (Lipinski definition) is 2. The Labute approximate surface area is 119 Å². The van der Waals surface area contributed by atoms with Gasteiger partial charge in [-0.1, -0.05) is 15.9 Å².